The quantitative estimate of drug-likeness (QED) is 0.0267. The number of nitrogens with zero attached hydrogens (tertiary/aromatic N) is 4. The van der Waals surface area contributed by atoms with Crippen molar-refractivity contribution in [1.82, 2.24) is 18.3 Å². The van der Waals surface area contributed by atoms with Crippen molar-refractivity contribution in [1.29, 1.82) is 0 Å². The van der Waals surface area contributed by atoms with Crippen LogP contribution in [0.15, 0.2) is 373 Å². The van der Waals surface area contributed by atoms with E-state index in [0.717, 1.165) is 225 Å². The molecule has 22 aromatic rings. The van der Waals surface area contributed by atoms with Gasteiger partial charge in [-0.1, -0.05) is 218 Å². The molecule has 6 N–H and O–H groups in total. The summed E-state index contributed by atoms with van der Waals surface area (Å²) in [7, 11) is 19.7. The van der Waals surface area contributed by atoms with E-state index in [1.807, 2.05) is 242 Å². The molecule has 0 aliphatic rings. The molecule has 0 saturated carbocycles. The van der Waals surface area contributed by atoms with Crippen LogP contribution in [0, 0.1) is 13.8 Å². The summed E-state index contributed by atoms with van der Waals surface area (Å²) in [6.45, 7) is 15.4. The van der Waals surface area contributed by atoms with Crippen LogP contribution in [0.3, 0.4) is 0 Å². The Bertz CT molecular complexity index is 6690. The van der Waals surface area contributed by atoms with E-state index in [1.165, 1.54) is 22.7 Å². The van der Waals surface area contributed by atoms with Crippen LogP contribution in [0.5, 0.6) is 46.0 Å². The Morgan fingerprint density at radius 1 is 0.292 bits per heavy atom. The third-order valence-electron chi connectivity index (χ3n) is 23.1. The van der Waals surface area contributed by atoms with Gasteiger partial charge in [-0.2, -0.15) is 49.2 Å². The van der Waals surface area contributed by atoms with Crippen LogP contribution in [0.1, 0.15) is 50.7 Å². The fraction of sp³-hybridized carbons (Fsp3) is 0.105. The monoisotopic (exact) mass is 2110 g/mol. The van der Waals surface area contributed by atoms with Crippen LogP contribution >= 0.6 is 79.4 Å². The topological polar surface area (TPSA) is 154 Å². The zero-order valence-corrected chi connectivity index (χ0v) is 86.3. The van der Waals surface area contributed by atoms with E-state index in [-0.39, 0.29) is 23.0 Å². The number of halogens is 4. The number of aliphatic hydroxyl groups is 2. The summed E-state index contributed by atoms with van der Waals surface area (Å²) < 4.78 is 36.2. The van der Waals surface area contributed by atoms with Crippen LogP contribution in [-0.2, 0) is 46.4 Å². The summed E-state index contributed by atoms with van der Waals surface area (Å²) in [5.74, 6) is 4.19. The zero-order chi connectivity index (χ0) is 94.9. The van der Waals surface area contributed by atoms with Gasteiger partial charge >= 0.3 is 75.7 Å². The Morgan fingerprint density at radius 2 is 0.504 bits per heavy atom. The van der Waals surface area contributed by atoms with E-state index in [9.17, 15) is 20.4 Å². The molecule has 0 radical (unpaired) electrons. The Balaban J connectivity index is 0.000000159. The molecule has 0 fully saturated rings. The SMILES string of the molecule is CCOCC.Oc1c(-c2ccccc2OCCCCOc2ccccc2-c2csc(-n3c4ccccc4c4ccccc43)c2O)csc1-n1c2ccccc2c2ccccc21.Oc1c(-c2ccccc2[OH+]CCCC[OH+]c2ccccc2-c2csc(-n3c4ccccc4c4ccccc43)c2O)csc1-n1c2ccccc2c2ccccc21.[CH2-]c1ccccc1.[CH2-]c1ccccc1.[Cl][Zr+2][Cl].[Cl][Zr][Cl]. The van der Waals surface area contributed by atoms with Crippen molar-refractivity contribution in [3.63, 3.8) is 0 Å². The van der Waals surface area contributed by atoms with Crippen molar-refractivity contribution >= 4 is 167 Å². The number of ether oxygens (including phenoxy) is 5. The maximum absolute atomic E-state index is 11.7. The number of unbranched alkanes of at least 4 members (excludes halogenated alkanes) is 2. The number of aromatic hydroxyl groups is 6. The van der Waals surface area contributed by atoms with Gasteiger partial charge in [0, 0.05) is 136 Å². The first-order valence-electron chi connectivity index (χ1n) is 44.8. The van der Waals surface area contributed by atoms with Crippen molar-refractivity contribution in [2.45, 2.75) is 39.5 Å². The van der Waals surface area contributed by atoms with Crippen molar-refractivity contribution in [2.24, 2.45) is 0 Å². The second-order valence-electron chi connectivity index (χ2n) is 31.5. The van der Waals surface area contributed by atoms with Gasteiger partial charge < -0.3 is 44.1 Å². The molecule has 0 aliphatic heterocycles. The molecule has 0 spiro atoms. The van der Waals surface area contributed by atoms with Crippen molar-refractivity contribution in [3.8, 4) is 111 Å². The molecule has 8 heterocycles. The molecule has 0 unspecified atom stereocenters. The van der Waals surface area contributed by atoms with Crippen LogP contribution < -0.4 is 9.47 Å². The minimum atomic E-state index is -0.826. The predicted octanol–water partition coefficient (Wildman–Crippen LogP) is 33.2. The van der Waals surface area contributed by atoms with Crippen LogP contribution in [-0.4, -0.2) is 87.8 Å². The molecule has 0 amide bonds. The summed E-state index contributed by atoms with van der Waals surface area (Å²) in [5.41, 5.74) is 17.3. The van der Waals surface area contributed by atoms with Crippen LogP contribution in [0.4, 0.5) is 0 Å². The fourth-order valence-electron chi connectivity index (χ4n) is 17.0. The van der Waals surface area contributed by atoms with Crippen LogP contribution in [0.25, 0.3) is 152 Å². The summed E-state index contributed by atoms with van der Waals surface area (Å²) in [4.78, 5) is 0. The Kier molecular flexibility index (Phi) is 34.7. The molecule has 8 aromatic heterocycles. The molecule has 0 saturated heterocycles. The standard InChI is InChI=1S/2C48H36N2O4S2.2C7H7.C4H10O.4ClH.2Zr/c2*51-45-37(29-55-47(45)49-39-21-7-1-15-31(39)32-16-2-8-22-40(32)49)35-19-5-11-25-43(35)53-27-13-14-28-54-44-26-12-6-20-36(44)38-30-56-48(46(38)52)50-41-23-9-3-17-33(41)34-18-4-10-24-42(34)50;2*1-7-5-3-2-4-6-7;1-3-5-4-2;;;;;;/h2*1-12,15-26,29-30,51-52H,13-14,27-28H2;2*2-6H,1H2;3-4H2,1-2H3;4*1H;;/q;;2*-1;;;;;;+2;+4/p-2. The molecule has 137 heavy (non-hydrogen) atoms. The number of hydrogen-bond acceptors (Lipinski definition) is 11. The summed E-state index contributed by atoms with van der Waals surface area (Å²) in [6.07, 6.45) is 3.29. The number of hydrogen-bond donors (Lipinski definition) is 4. The van der Waals surface area contributed by atoms with Gasteiger partial charge in [0.05, 0.1) is 68.5 Å². The maximum atomic E-state index is 11.7. The van der Waals surface area contributed by atoms with Gasteiger partial charge in [-0.25, -0.2) is 0 Å². The second kappa shape index (κ2) is 48.4. The van der Waals surface area contributed by atoms with Gasteiger partial charge in [0.25, 0.3) is 11.5 Å². The number of thiophene rings is 4. The summed E-state index contributed by atoms with van der Waals surface area (Å²) in [5, 5.41) is 67.4. The zero-order valence-electron chi connectivity index (χ0n) is 75.1. The molecule has 686 valence electrons. The van der Waals surface area contributed by atoms with Gasteiger partial charge in [-0.05, 0) is 99.5 Å². The van der Waals surface area contributed by atoms with Gasteiger partial charge in [0.2, 0.25) is 0 Å². The van der Waals surface area contributed by atoms with E-state index in [1.54, 1.807) is 22.7 Å². The average molecular weight is 2120 g/mol. The average Bonchev–Trinajstić information content (AvgIpc) is 1.60. The number of para-hydroxylation sites is 12. The van der Waals surface area contributed by atoms with E-state index < -0.39 is 41.7 Å². The van der Waals surface area contributed by atoms with Crippen molar-refractivity contribution in [3.05, 3.63) is 398 Å². The van der Waals surface area contributed by atoms with Gasteiger partial charge in [0.1, 0.15) is 31.5 Å². The number of fused-ring (bicyclic) bond motifs is 12. The molecule has 0 atom stereocenters. The van der Waals surface area contributed by atoms with Gasteiger partial charge in [-0.15, -0.1) is 69.6 Å². The van der Waals surface area contributed by atoms with Gasteiger partial charge in [0.15, 0.2) is 36.2 Å². The molecular weight excluding hydrogens is 2020 g/mol. The molecular formula is C114H98Cl4N4O9S4Zr2+2. The van der Waals surface area contributed by atoms with E-state index >= 15 is 0 Å². The normalized spacial score (nSPS) is 10.9. The first kappa shape index (κ1) is 98.2. The van der Waals surface area contributed by atoms with E-state index in [2.05, 4.69) is 178 Å². The Hall–Kier alpha value is -11.9. The summed E-state index contributed by atoms with van der Waals surface area (Å²) >= 11 is 4.49. The van der Waals surface area contributed by atoms with Gasteiger partial charge in [-0.3, -0.25) is 18.3 Å². The van der Waals surface area contributed by atoms with Crippen molar-refractivity contribution < 1.29 is 85.8 Å². The second-order valence-corrected chi connectivity index (χ2v) is 42.4. The molecule has 0 bridgehead atoms. The van der Waals surface area contributed by atoms with Crippen LogP contribution in [0.2, 0.25) is 0 Å². The Morgan fingerprint density at radius 3 is 0.737 bits per heavy atom. The molecule has 13 nitrogen and oxygen atoms in total. The number of benzene rings is 14. The number of rotatable bonds is 24. The molecule has 22 rings (SSSR count). The fourth-order valence-corrected chi connectivity index (χ4v) is 21.0. The third-order valence-corrected chi connectivity index (χ3v) is 26.9. The third kappa shape index (κ3) is 22.3. The molecule has 23 heteroatoms. The van der Waals surface area contributed by atoms with Crippen molar-refractivity contribution in [2.75, 3.05) is 39.6 Å². The number of aromatic nitrogens is 4. The first-order chi connectivity index (χ1) is 67.4. The van der Waals surface area contributed by atoms with E-state index in [4.69, 9.17) is 57.7 Å². The predicted molar refractivity (Wildman–Crippen MR) is 573 cm³/mol. The minimum absolute atomic E-state index is 0.239. The first-order valence-corrected chi connectivity index (χ1v) is 60.9. The van der Waals surface area contributed by atoms with E-state index in [0.29, 0.717) is 26.4 Å². The Labute approximate surface area is 850 Å². The molecule has 14 aromatic carbocycles. The summed E-state index contributed by atoms with van der Waals surface area (Å²) in [6, 6.07) is 118. The molecule has 0 aliphatic carbocycles.